The zero-order valence-electron chi connectivity index (χ0n) is 25.3. The molecule has 1 aromatic carbocycles. The van der Waals surface area contributed by atoms with Gasteiger partial charge in [0, 0.05) is 0 Å². The third-order valence-corrected chi connectivity index (χ3v) is 5.42. The van der Waals surface area contributed by atoms with Crippen LogP contribution in [0.4, 0.5) is 0 Å². The van der Waals surface area contributed by atoms with Crippen LogP contribution in [0.5, 0.6) is 5.75 Å². The van der Waals surface area contributed by atoms with E-state index in [0.29, 0.717) is 132 Å². The monoisotopic (exact) mass is 590 g/mol. The lowest BCUT2D eigenvalue weighted by atomic mass is 10.3. The molecule has 0 saturated heterocycles. The summed E-state index contributed by atoms with van der Waals surface area (Å²) < 4.78 is 60.3. The molecule has 0 amide bonds. The molecule has 0 spiro atoms. The molecule has 11 heteroatoms. The summed E-state index contributed by atoms with van der Waals surface area (Å²) in [7, 11) is 0. The lowest BCUT2D eigenvalue weighted by molar-refractivity contribution is -0.0288. The predicted octanol–water partition coefficient (Wildman–Crippen LogP) is 3.03. The summed E-state index contributed by atoms with van der Waals surface area (Å²) in [6.07, 6.45) is 1.30. The van der Waals surface area contributed by atoms with Crippen LogP contribution in [0.1, 0.15) is 20.3 Å². The highest BCUT2D eigenvalue weighted by Crippen LogP contribution is 2.07. The summed E-state index contributed by atoms with van der Waals surface area (Å²) in [5.74, 6) is 0.846. The second-order valence-corrected chi connectivity index (χ2v) is 8.76. The van der Waals surface area contributed by atoms with E-state index in [1.165, 1.54) is 0 Å². The largest absolute Gasteiger partial charge is 0.491 e. The summed E-state index contributed by atoms with van der Waals surface area (Å²) in [4.78, 5) is 0. The van der Waals surface area contributed by atoms with Gasteiger partial charge in [-0.3, -0.25) is 0 Å². The van der Waals surface area contributed by atoms with Crippen molar-refractivity contribution in [2.75, 3.05) is 132 Å². The van der Waals surface area contributed by atoms with E-state index in [1.54, 1.807) is 0 Å². The molecule has 240 valence electrons. The van der Waals surface area contributed by atoms with Crippen molar-refractivity contribution in [1.82, 2.24) is 0 Å². The van der Waals surface area contributed by atoms with Crippen LogP contribution in [-0.4, -0.2) is 138 Å². The van der Waals surface area contributed by atoms with Gasteiger partial charge in [0.2, 0.25) is 0 Å². The maximum Gasteiger partial charge on any atom is 0.119 e. The standard InChI is InChI=1S/C30H54O11/c1-3-29(2)40-27-25-38-23-21-36-19-17-34-15-13-32-11-9-31-10-12-33-14-16-35-18-20-37-22-24-39-26-28-41-30-7-5-4-6-8-30/h4-8,29H,3,9-28H2,1-2H3. The van der Waals surface area contributed by atoms with Crippen molar-refractivity contribution in [3.63, 3.8) is 0 Å². The molecule has 11 nitrogen and oxygen atoms in total. The van der Waals surface area contributed by atoms with Crippen molar-refractivity contribution in [1.29, 1.82) is 0 Å². The number of ether oxygens (including phenoxy) is 11. The summed E-state index contributed by atoms with van der Waals surface area (Å²) in [6, 6.07) is 9.68. The smallest absolute Gasteiger partial charge is 0.119 e. The SMILES string of the molecule is CCC(C)OCCOCCOCCOCCOCCOCCOCCOCCOCCOCCOc1ccccc1. The van der Waals surface area contributed by atoms with Crippen LogP contribution in [0.15, 0.2) is 30.3 Å². The van der Waals surface area contributed by atoms with Gasteiger partial charge in [-0.25, -0.2) is 0 Å². The molecule has 1 atom stereocenters. The fraction of sp³-hybridized carbons (Fsp3) is 0.800. The van der Waals surface area contributed by atoms with Crippen molar-refractivity contribution in [2.45, 2.75) is 26.4 Å². The summed E-state index contributed by atoms with van der Waals surface area (Å²) in [5.41, 5.74) is 0. The zero-order valence-corrected chi connectivity index (χ0v) is 25.3. The van der Waals surface area contributed by atoms with Gasteiger partial charge in [0.05, 0.1) is 132 Å². The third kappa shape index (κ3) is 28.5. The minimum absolute atomic E-state index is 0.285. The molecule has 0 saturated carbocycles. The second kappa shape index (κ2) is 31.6. The van der Waals surface area contributed by atoms with Crippen LogP contribution < -0.4 is 4.74 Å². The summed E-state index contributed by atoms with van der Waals surface area (Å²) in [5, 5.41) is 0. The Bertz CT molecular complexity index is 624. The van der Waals surface area contributed by atoms with Crippen molar-refractivity contribution < 1.29 is 52.1 Å². The summed E-state index contributed by atoms with van der Waals surface area (Å²) in [6.45, 7) is 14.9. The minimum Gasteiger partial charge on any atom is -0.491 e. The fourth-order valence-electron chi connectivity index (χ4n) is 3.02. The third-order valence-electron chi connectivity index (χ3n) is 5.42. The Hall–Kier alpha value is -1.38. The molecule has 0 radical (unpaired) electrons. The molecule has 0 N–H and O–H groups in total. The zero-order chi connectivity index (χ0) is 29.3. The highest BCUT2D eigenvalue weighted by Gasteiger charge is 1.98. The van der Waals surface area contributed by atoms with Gasteiger partial charge in [-0.05, 0) is 25.5 Å². The van der Waals surface area contributed by atoms with Gasteiger partial charge >= 0.3 is 0 Å². The van der Waals surface area contributed by atoms with Crippen LogP contribution in [0.25, 0.3) is 0 Å². The average Bonchev–Trinajstić information content (AvgIpc) is 3.00. The Kier molecular flexibility index (Phi) is 29.0. The van der Waals surface area contributed by atoms with Gasteiger partial charge in [0.1, 0.15) is 12.4 Å². The van der Waals surface area contributed by atoms with Crippen LogP contribution in [0, 0.1) is 0 Å². The van der Waals surface area contributed by atoms with Crippen LogP contribution in [0.2, 0.25) is 0 Å². The van der Waals surface area contributed by atoms with E-state index in [4.69, 9.17) is 52.1 Å². The van der Waals surface area contributed by atoms with E-state index < -0.39 is 0 Å². The molecule has 41 heavy (non-hydrogen) atoms. The first kappa shape index (κ1) is 37.6. The molecule has 0 aliphatic rings. The van der Waals surface area contributed by atoms with Gasteiger partial charge in [0.15, 0.2) is 0 Å². The van der Waals surface area contributed by atoms with E-state index in [0.717, 1.165) is 12.2 Å². The van der Waals surface area contributed by atoms with Gasteiger partial charge in [-0.2, -0.15) is 0 Å². The molecule has 0 aromatic heterocycles. The quantitative estimate of drug-likeness (QED) is 0.113. The Labute approximate surface area is 246 Å². The molecule has 0 bridgehead atoms. The van der Waals surface area contributed by atoms with Gasteiger partial charge in [-0.15, -0.1) is 0 Å². The molecule has 1 rings (SSSR count). The maximum atomic E-state index is 5.55. The molecule has 1 aromatic rings. The van der Waals surface area contributed by atoms with Crippen molar-refractivity contribution in [3.05, 3.63) is 30.3 Å². The van der Waals surface area contributed by atoms with Gasteiger partial charge < -0.3 is 52.1 Å². The first-order valence-electron chi connectivity index (χ1n) is 14.8. The van der Waals surface area contributed by atoms with E-state index in [1.807, 2.05) is 30.3 Å². The van der Waals surface area contributed by atoms with E-state index >= 15 is 0 Å². The number of hydrogen-bond acceptors (Lipinski definition) is 11. The Morgan fingerprint density at radius 3 is 1.02 bits per heavy atom. The molecule has 0 heterocycles. The Morgan fingerprint density at radius 2 is 0.707 bits per heavy atom. The first-order chi connectivity index (χ1) is 20.3. The predicted molar refractivity (Wildman–Crippen MR) is 155 cm³/mol. The molecule has 1 unspecified atom stereocenters. The Balaban J connectivity index is 1.62. The van der Waals surface area contributed by atoms with Gasteiger partial charge in [-0.1, -0.05) is 25.1 Å². The van der Waals surface area contributed by atoms with Gasteiger partial charge in [0.25, 0.3) is 0 Å². The molecule has 0 aliphatic carbocycles. The van der Waals surface area contributed by atoms with Crippen LogP contribution in [0.3, 0.4) is 0 Å². The first-order valence-corrected chi connectivity index (χ1v) is 14.8. The maximum absolute atomic E-state index is 5.55. The van der Waals surface area contributed by atoms with Crippen LogP contribution >= 0.6 is 0 Å². The molecular formula is C30H54O11. The normalized spacial score (nSPS) is 12.1. The summed E-state index contributed by atoms with van der Waals surface area (Å²) >= 11 is 0. The number of rotatable bonds is 33. The molecule has 0 aliphatic heterocycles. The lowest BCUT2D eigenvalue weighted by Crippen LogP contribution is -2.16. The molecular weight excluding hydrogens is 536 g/mol. The highest BCUT2D eigenvalue weighted by atomic mass is 16.6. The second-order valence-electron chi connectivity index (χ2n) is 8.76. The van der Waals surface area contributed by atoms with E-state index in [2.05, 4.69) is 13.8 Å². The molecule has 0 fully saturated rings. The van der Waals surface area contributed by atoms with Crippen molar-refractivity contribution in [2.24, 2.45) is 0 Å². The number of hydrogen-bond donors (Lipinski definition) is 0. The Morgan fingerprint density at radius 1 is 0.415 bits per heavy atom. The van der Waals surface area contributed by atoms with E-state index in [9.17, 15) is 0 Å². The number of para-hydroxylation sites is 1. The topological polar surface area (TPSA) is 102 Å². The number of benzene rings is 1. The average molecular weight is 591 g/mol. The van der Waals surface area contributed by atoms with Crippen molar-refractivity contribution >= 4 is 0 Å². The fourth-order valence-corrected chi connectivity index (χ4v) is 3.02. The lowest BCUT2D eigenvalue weighted by Gasteiger charge is -2.11. The van der Waals surface area contributed by atoms with E-state index in [-0.39, 0.29) is 6.10 Å². The minimum atomic E-state index is 0.285. The van der Waals surface area contributed by atoms with Crippen LogP contribution in [-0.2, 0) is 47.4 Å². The highest BCUT2D eigenvalue weighted by molar-refractivity contribution is 5.20. The van der Waals surface area contributed by atoms with Crippen molar-refractivity contribution in [3.8, 4) is 5.75 Å².